The number of aliphatic hydroxyl groups is 1. The van der Waals surface area contributed by atoms with Crippen LogP contribution in [0.5, 0.6) is 5.75 Å². The van der Waals surface area contributed by atoms with Gasteiger partial charge >= 0.3 is 0 Å². The monoisotopic (exact) mass is 449 g/mol. The van der Waals surface area contributed by atoms with E-state index >= 15 is 0 Å². The first-order chi connectivity index (χ1) is 14.8. The number of aliphatic hydroxyl groups excluding tert-OH is 1. The number of rotatable bonds is 7. The van der Waals surface area contributed by atoms with E-state index in [0.717, 1.165) is 6.07 Å². The summed E-state index contributed by atoms with van der Waals surface area (Å²) in [6.07, 6.45) is -0.703. The van der Waals surface area contributed by atoms with Crippen LogP contribution in [0.4, 0.5) is 10.1 Å². The van der Waals surface area contributed by atoms with Gasteiger partial charge in [-0.1, -0.05) is 11.6 Å². The zero-order valence-electron chi connectivity index (χ0n) is 17.2. The molecule has 2 amide bonds. The smallest absolute Gasteiger partial charge is 0.256 e. The van der Waals surface area contributed by atoms with Gasteiger partial charge in [0.15, 0.2) is 0 Å². The van der Waals surface area contributed by atoms with Crippen LogP contribution in [-0.4, -0.2) is 72.2 Å². The molecular formula is C22H25ClFN3O4. The molecule has 0 radical (unpaired) electrons. The molecule has 9 heteroatoms. The summed E-state index contributed by atoms with van der Waals surface area (Å²) < 4.78 is 19.6. The molecule has 0 spiro atoms. The van der Waals surface area contributed by atoms with Crippen molar-refractivity contribution in [1.29, 1.82) is 0 Å². The van der Waals surface area contributed by atoms with Gasteiger partial charge < -0.3 is 20.1 Å². The highest BCUT2D eigenvalue weighted by Gasteiger charge is 2.25. The Morgan fingerprint density at radius 2 is 1.84 bits per heavy atom. The van der Waals surface area contributed by atoms with Crippen LogP contribution < -0.4 is 10.1 Å². The van der Waals surface area contributed by atoms with Gasteiger partial charge in [0, 0.05) is 50.4 Å². The van der Waals surface area contributed by atoms with Crippen molar-refractivity contribution in [3.05, 3.63) is 58.9 Å². The summed E-state index contributed by atoms with van der Waals surface area (Å²) in [6.45, 7) is 3.99. The number of hydrogen-bond donors (Lipinski definition) is 2. The van der Waals surface area contributed by atoms with Crippen LogP contribution in [0, 0.1) is 5.82 Å². The van der Waals surface area contributed by atoms with Gasteiger partial charge in [-0.05, 0) is 42.5 Å². The number of hydrogen-bond acceptors (Lipinski definition) is 5. The predicted molar refractivity (Wildman–Crippen MR) is 116 cm³/mol. The largest absolute Gasteiger partial charge is 0.491 e. The van der Waals surface area contributed by atoms with Crippen LogP contribution in [0.15, 0.2) is 42.5 Å². The molecule has 2 aromatic carbocycles. The normalized spacial score (nSPS) is 15.4. The topological polar surface area (TPSA) is 82.1 Å². The lowest BCUT2D eigenvalue weighted by Crippen LogP contribution is -2.51. The number of nitrogens with zero attached hydrogens (tertiary/aromatic N) is 2. The molecule has 0 saturated carbocycles. The van der Waals surface area contributed by atoms with Crippen molar-refractivity contribution in [1.82, 2.24) is 9.80 Å². The Morgan fingerprint density at radius 1 is 1.16 bits per heavy atom. The molecule has 1 atom stereocenters. The lowest BCUT2D eigenvalue weighted by molar-refractivity contribution is -0.114. The summed E-state index contributed by atoms with van der Waals surface area (Å²) in [4.78, 5) is 27.2. The molecule has 1 aliphatic rings. The van der Waals surface area contributed by atoms with Crippen molar-refractivity contribution in [2.45, 2.75) is 13.0 Å². The van der Waals surface area contributed by atoms with Crippen molar-refractivity contribution in [3.8, 4) is 5.75 Å². The molecule has 31 heavy (non-hydrogen) atoms. The Labute approximate surface area is 185 Å². The Bertz CT molecular complexity index is 917. The fraction of sp³-hybridized carbons (Fsp3) is 0.364. The molecule has 1 unspecified atom stereocenters. The Hall–Kier alpha value is -2.68. The van der Waals surface area contributed by atoms with Crippen molar-refractivity contribution in [3.63, 3.8) is 0 Å². The molecule has 3 rings (SSSR count). The van der Waals surface area contributed by atoms with Crippen molar-refractivity contribution in [2.24, 2.45) is 0 Å². The van der Waals surface area contributed by atoms with E-state index in [1.807, 2.05) is 4.90 Å². The minimum Gasteiger partial charge on any atom is -0.491 e. The van der Waals surface area contributed by atoms with Crippen molar-refractivity contribution < 1.29 is 23.8 Å². The van der Waals surface area contributed by atoms with Gasteiger partial charge in [0.1, 0.15) is 24.3 Å². The molecule has 1 saturated heterocycles. The van der Waals surface area contributed by atoms with Gasteiger partial charge in [0.25, 0.3) is 5.91 Å². The number of piperazine rings is 1. The SMILES string of the molecule is CC(=O)Nc1ccc(OCC(O)CN2CCN(C(=O)c3ccc(Cl)cc3F)CC2)cc1. The first-order valence-electron chi connectivity index (χ1n) is 9.97. The second-order valence-electron chi connectivity index (χ2n) is 7.39. The molecule has 0 bridgehead atoms. The summed E-state index contributed by atoms with van der Waals surface area (Å²) in [5.41, 5.74) is 0.683. The zero-order valence-corrected chi connectivity index (χ0v) is 17.9. The second-order valence-corrected chi connectivity index (χ2v) is 7.82. The van der Waals surface area contributed by atoms with E-state index in [1.54, 1.807) is 29.2 Å². The standard InChI is InChI=1S/C22H25ClFN3O4/c1-15(28)25-17-3-5-19(6-4-17)31-14-18(29)13-26-8-10-27(11-9-26)22(30)20-7-2-16(23)12-21(20)24/h2-7,12,18,29H,8-11,13-14H2,1H3,(H,25,28). The summed E-state index contributed by atoms with van der Waals surface area (Å²) in [5, 5.41) is 13.2. The van der Waals surface area contributed by atoms with E-state index in [0.29, 0.717) is 44.2 Å². The molecular weight excluding hydrogens is 425 g/mol. The van der Waals surface area contributed by atoms with Gasteiger partial charge in [0.05, 0.1) is 5.56 Å². The molecule has 1 aliphatic heterocycles. The van der Waals surface area contributed by atoms with Gasteiger partial charge in [-0.25, -0.2) is 4.39 Å². The van der Waals surface area contributed by atoms with Gasteiger partial charge in [0.2, 0.25) is 5.91 Å². The second kappa shape index (κ2) is 10.6. The van der Waals surface area contributed by atoms with Crippen LogP contribution in [0.2, 0.25) is 5.02 Å². The lowest BCUT2D eigenvalue weighted by Gasteiger charge is -2.35. The highest BCUT2D eigenvalue weighted by molar-refractivity contribution is 6.30. The molecule has 2 N–H and O–H groups in total. The van der Waals surface area contributed by atoms with Crippen LogP contribution >= 0.6 is 11.6 Å². The number of β-amino-alcohol motifs (C(OH)–C–C–N with tert-alkyl or cyclic N) is 1. The number of carbonyl (C=O) groups is 2. The number of carbonyl (C=O) groups excluding carboxylic acids is 2. The molecule has 1 fully saturated rings. The first-order valence-corrected chi connectivity index (χ1v) is 10.3. The van der Waals surface area contributed by atoms with Crippen LogP contribution in [0.1, 0.15) is 17.3 Å². The van der Waals surface area contributed by atoms with Gasteiger partial charge in [-0.3, -0.25) is 14.5 Å². The number of nitrogens with one attached hydrogen (secondary N) is 1. The highest BCUT2D eigenvalue weighted by atomic mass is 35.5. The molecule has 7 nitrogen and oxygen atoms in total. The predicted octanol–water partition coefficient (Wildman–Crippen LogP) is 2.64. The maximum Gasteiger partial charge on any atom is 0.256 e. The minimum atomic E-state index is -0.703. The van der Waals surface area contributed by atoms with Crippen LogP contribution in [0.3, 0.4) is 0 Å². The van der Waals surface area contributed by atoms with Gasteiger partial charge in [-0.15, -0.1) is 0 Å². The summed E-state index contributed by atoms with van der Waals surface area (Å²) in [5.74, 6) is -0.546. The Balaban J connectivity index is 1.42. The number of ether oxygens (including phenoxy) is 1. The number of benzene rings is 2. The molecule has 0 aromatic heterocycles. The van der Waals surface area contributed by atoms with E-state index in [-0.39, 0.29) is 29.0 Å². The molecule has 2 aromatic rings. The maximum atomic E-state index is 14.0. The average molecular weight is 450 g/mol. The molecule has 1 heterocycles. The van der Waals surface area contributed by atoms with E-state index in [1.165, 1.54) is 19.1 Å². The molecule has 166 valence electrons. The van der Waals surface area contributed by atoms with E-state index < -0.39 is 11.9 Å². The number of amides is 2. The van der Waals surface area contributed by atoms with E-state index in [2.05, 4.69) is 5.32 Å². The van der Waals surface area contributed by atoms with E-state index in [9.17, 15) is 19.1 Å². The van der Waals surface area contributed by atoms with Crippen LogP contribution in [-0.2, 0) is 4.79 Å². The summed E-state index contributed by atoms with van der Waals surface area (Å²) in [7, 11) is 0. The third-order valence-electron chi connectivity index (χ3n) is 4.91. The minimum absolute atomic E-state index is 0.0100. The van der Waals surface area contributed by atoms with Crippen LogP contribution in [0.25, 0.3) is 0 Å². The first kappa shape index (κ1) is 23.0. The third kappa shape index (κ3) is 6.65. The van der Waals surface area contributed by atoms with Gasteiger partial charge in [-0.2, -0.15) is 0 Å². The molecule has 0 aliphatic carbocycles. The fourth-order valence-electron chi connectivity index (χ4n) is 3.35. The van der Waals surface area contributed by atoms with Crippen molar-refractivity contribution in [2.75, 3.05) is 44.6 Å². The third-order valence-corrected chi connectivity index (χ3v) is 5.14. The average Bonchev–Trinajstić information content (AvgIpc) is 2.73. The fourth-order valence-corrected chi connectivity index (χ4v) is 3.51. The Kier molecular flexibility index (Phi) is 7.84. The number of halogens is 2. The number of anilines is 1. The highest BCUT2D eigenvalue weighted by Crippen LogP contribution is 2.18. The van der Waals surface area contributed by atoms with E-state index in [4.69, 9.17) is 16.3 Å². The summed E-state index contributed by atoms with van der Waals surface area (Å²) >= 11 is 5.74. The zero-order chi connectivity index (χ0) is 22.4. The van der Waals surface area contributed by atoms with Crippen molar-refractivity contribution >= 4 is 29.1 Å². The Morgan fingerprint density at radius 3 is 2.45 bits per heavy atom. The summed E-state index contributed by atoms with van der Waals surface area (Å²) in [6, 6.07) is 10.9. The maximum absolute atomic E-state index is 14.0. The lowest BCUT2D eigenvalue weighted by atomic mass is 10.1. The quantitative estimate of drug-likeness (QED) is 0.679.